The van der Waals surface area contributed by atoms with E-state index in [9.17, 15) is 14.0 Å². The van der Waals surface area contributed by atoms with Gasteiger partial charge in [0.1, 0.15) is 0 Å². The number of cyclic esters (lactones) is 2. The van der Waals surface area contributed by atoms with Gasteiger partial charge in [-0.1, -0.05) is 6.07 Å². The number of esters is 2. The summed E-state index contributed by atoms with van der Waals surface area (Å²) in [7, 11) is 0. The van der Waals surface area contributed by atoms with Crippen LogP contribution in [0.2, 0.25) is 0 Å². The van der Waals surface area contributed by atoms with Gasteiger partial charge in [0.15, 0.2) is 0 Å². The highest BCUT2D eigenvalue weighted by atomic mass is 19.1. The number of hydrogen-bond donors (Lipinski definition) is 0. The molecule has 1 saturated heterocycles. The molecule has 1 aromatic heterocycles. The maximum Gasteiger partial charge on any atom is 0.321 e. The molecule has 2 rings (SSSR count). The summed E-state index contributed by atoms with van der Waals surface area (Å²) >= 11 is 0. The number of carbonyl (C=O) groups is 2. The fourth-order valence-corrected chi connectivity index (χ4v) is 1.37. The molecular weight excluding hydrogens is 189 g/mol. The summed E-state index contributed by atoms with van der Waals surface area (Å²) in [5.41, 5.74) is 0.114. The van der Waals surface area contributed by atoms with Crippen molar-refractivity contribution in [2.75, 3.05) is 0 Å². The van der Waals surface area contributed by atoms with E-state index in [1.165, 1.54) is 18.3 Å². The van der Waals surface area contributed by atoms with E-state index in [0.717, 1.165) is 0 Å². The van der Waals surface area contributed by atoms with Gasteiger partial charge in [0.2, 0.25) is 5.95 Å². The van der Waals surface area contributed by atoms with E-state index in [4.69, 9.17) is 0 Å². The molecule has 1 aliphatic heterocycles. The average Bonchev–Trinajstić information content (AvgIpc) is 2.46. The van der Waals surface area contributed by atoms with Crippen LogP contribution < -0.4 is 0 Å². The molecule has 1 fully saturated rings. The topological polar surface area (TPSA) is 56.3 Å². The van der Waals surface area contributed by atoms with Crippen LogP contribution in [0.3, 0.4) is 0 Å². The zero-order valence-corrected chi connectivity index (χ0v) is 7.07. The van der Waals surface area contributed by atoms with E-state index in [2.05, 4.69) is 9.72 Å². The molecule has 5 heteroatoms. The molecule has 0 spiro atoms. The van der Waals surface area contributed by atoms with Gasteiger partial charge in [-0.05, 0) is 6.07 Å². The SMILES string of the molecule is O=C1CC(c2cccnc2F)C(=O)O1. The van der Waals surface area contributed by atoms with Crippen LogP contribution in [0.25, 0.3) is 0 Å². The predicted octanol–water partition coefficient (Wildman–Crippen LogP) is 0.778. The Balaban J connectivity index is 2.36. The highest BCUT2D eigenvalue weighted by molar-refractivity contribution is 5.97. The summed E-state index contributed by atoms with van der Waals surface area (Å²) < 4.78 is 17.4. The normalized spacial score (nSPS) is 21.1. The number of nitrogens with zero attached hydrogens (tertiary/aromatic N) is 1. The molecular formula is C9H6FNO3. The molecule has 1 aliphatic rings. The molecule has 1 aromatic rings. The molecule has 1 unspecified atom stereocenters. The van der Waals surface area contributed by atoms with Crippen LogP contribution in [0.15, 0.2) is 18.3 Å². The van der Waals surface area contributed by atoms with Crippen LogP contribution in [0, 0.1) is 5.95 Å². The van der Waals surface area contributed by atoms with Crippen molar-refractivity contribution in [2.45, 2.75) is 12.3 Å². The summed E-state index contributed by atoms with van der Waals surface area (Å²) in [5.74, 6) is -2.90. The molecule has 72 valence electrons. The molecule has 2 heterocycles. The number of halogens is 1. The number of ether oxygens (including phenoxy) is 1. The van der Waals surface area contributed by atoms with Gasteiger partial charge < -0.3 is 4.74 Å². The zero-order chi connectivity index (χ0) is 10.1. The van der Waals surface area contributed by atoms with E-state index in [1.807, 2.05) is 0 Å². The van der Waals surface area contributed by atoms with Gasteiger partial charge in [-0.2, -0.15) is 4.39 Å². The summed E-state index contributed by atoms with van der Waals surface area (Å²) in [4.78, 5) is 25.3. The van der Waals surface area contributed by atoms with Crippen molar-refractivity contribution >= 4 is 11.9 Å². The van der Waals surface area contributed by atoms with Gasteiger partial charge in [-0.3, -0.25) is 9.59 Å². The van der Waals surface area contributed by atoms with E-state index in [1.54, 1.807) is 0 Å². The highest BCUT2D eigenvalue weighted by Gasteiger charge is 2.36. The first-order valence-electron chi connectivity index (χ1n) is 4.03. The Kier molecular flexibility index (Phi) is 1.99. The van der Waals surface area contributed by atoms with Crippen LogP contribution in [0.1, 0.15) is 17.9 Å². The second-order valence-electron chi connectivity index (χ2n) is 2.93. The molecule has 1 atom stereocenters. The smallest absolute Gasteiger partial charge is 0.321 e. The third kappa shape index (κ3) is 1.37. The third-order valence-electron chi connectivity index (χ3n) is 2.03. The first-order valence-corrected chi connectivity index (χ1v) is 4.03. The number of carbonyl (C=O) groups excluding carboxylic acids is 2. The lowest BCUT2D eigenvalue weighted by Gasteiger charge is -2.03. The molecule has 0 aromatic carbocycles. The molecule has 0 saturated carbocycles. The summed E-state index contributed by atoms with van der Waals surface area (Å²) in [6, 6.07) is 2.93. The van der Waals surface area contributed by atoms with Crippen molar-refractivity contribution in [3.8, 4) is 0 Å². The summed E-state index contributed by atoms with van der Waals surface area (Å²) in [6.07, 6.45) is 1.17. The highest BCUT2D eigenvalue weighted by Crippen LogP contribution is 2.28. The lowest BCUT2D eigenvalue weighted by molar-refractivity contribution is -0.152. The van der Waals surface area contributed by atoms with Crippen LogP contribution in [-0.2, 0) is 14.3 Å². The molecule has 0 amide bonds. The Morgan fingerprint density at radius 2 is 2.29 bits per heavy atom. The summed E-state index contributed by atoms with van der Waals surface area (Å²) in [5, 5.41) is 0. The molecule has 0 radical (unpaired) electrons. The van der Waals surface area contributed by atoms with Crippen molar-refractivity contribution in [1.29, 1.82) is 0 Å². The first-order chi connectivity index (χ1) is 6.68. The van der Waals surface area contributed by atoms with Gasteiger partial charge in [0, 0.05) is 11.8 Å². The maximum absolute atomic E-state index is 13.1. The fourth-order valence-electron chi connectivity index (χ4n) is 1.37. The van der Waals surface area contributed by atoms with Crippen molar-refractivity contribution in [2.24, 2.45) is 0 Å². The Labute approximate surface area is 78.7 Å². The monoisotopic (exact) mass is 195 g/mol. The fraction of sp³-hybridized carbons (Fsp3) is 0.222. The largest absolute Gasteiger partial charge is 0.393 e. The quantitative estimate of drug-likeness (QED) is 0.377. The minimum atomic E-state index is -0.837. The van der Waals surface area contributed by atoms with Crippen LogP contribution in [-0.4, -0.2) is 16.9 Å². The van der Waals surface area contributed by atoms with E-state index >= 15 is 0 Å². The van der Waals surface area contributed by atoms with Gasteiger partial charge in [-0.15, -0.1) is 0 Å². The number of aromatic nitrogens is 1. The van der Waals surface area contributed by atoms with Crippen molar-refractivity contribution in [3.05, 3.63) is 29.8 Å². The second-order valence-corrected chi connectivity index (χ2v) is 2.93. The van der Waals surface area contributed by atoms with Gasteiger partial charge >= 0.3 is 11.9 Å². The molecule has 0 aliphatic carbocycles. The lowest BCUT2D eigenvalue weighted by atomic mass is 9.99. The third-order valence-corrected chi connectivity index (χ3v) is 2.03. The van der Waals surface area contributed by atoms with Gasteiger partial charge in [0.05, 0.1) is 12.3 Å². The number of rotatable bonds is 1. The van der Waals surface area contributed by atoms with Gasteiger partial charge in [-0.25, -0.2) is 4.98 Å². The van der Waals surface area contributed by atoms with Gasteiger partial charge in [0.25, 0.3) is 0 Å². The van der Waals surface area contributed by atoms with Crippen molar-refractivity contribution in [3.63, 3.8) is 0 Å². The molecule has 0 N–H and O–H groups in total. The Morgan fingerprint density at radius 1 is 1.50 bits per heavy atom. The predicted molar refractivity (Wildman–Crippen MR) is 42.7 cm³/mol. The van der Waals surface area contributed by atoms with Crippen LogP contribution in [0.4, 0.5) is 4.39 Å². The standard InChI is InChI=1S/C9H6FNO3/c10-8-5(2-1-3-11-8)6-4-7(12)14-9(6)13/h1-3,6H,4H2. The molecule has 14 heavy (non-hydrogen) atoms. The maximum atomic E-state index is 13.1. The van der Waals surface area contributed by atoms with E-state index in [0.29, 0.717) is 0 Å². The minimum Gasteiger partial charge on any atom is -0.393 e. The van der Waals surface area contributed by atoms with Crippen molar-refractivity contribution < 1.29 is 18.7 Å². The molecule has 4 nitrogen and oxygen atoms in total. The molecule has 0 bridgehead atoms. The number of hydrogen-bond acceptors (Lipinski definition) is 4. The van der Waals surface area contributed by atoms with E-state index in [-0.39, 0.29) is 12.0 Å². The minimum absolute atomic E-state index is 0.110. The Morgan fingerprint density at radius 3 is 2.86 bits per heavy atom. The second kappa shape index (κ2) is 3.17. The van der Waals surface area contributed by atoms with E-state index < -0.39 is 23.8 Å². The Hall–Kier alpha value is -1.78. The van der Waals surface area contributed by atoms with Crippen LogP contribution >= 0.6 is 0 Å². The summed E-state index contributed by atoms with van der Waals surface area (Å²) in [6.45, 7) is 0. The Bertz CT molecular complexity index is 405. The average molecular weight is 195 g/mol. The zero-order valence-electron chi connectivity index (χ0n) is 7.07. The van der Waals surface area contributed by atoms with Crippen molar-refractivity contribution in [1.82, 2.24) is 4.98 Å². The lowest BCUT2D eigenvalue weighted by Crippen LogP contribution is -2.08. The first kappa shape index (κ1) is 8.80. The van der Waals surface area contributed by atoms with Crippen LogP contribution in [0.5, 0.6) is 0 Å². The number of pyridine rings is 1.